The van der Waals surface area contributed by atoms with E-state index in [-0.39, 0.29) is 24.0 Å². The maximum Gasteiger partial charge on any atom is 0.410 e. The lowest BCUT2D eigenvalue weighted by atomic mass is 9.90. The summed E-state index contributed by atoms with van der Waals surface area (Å²) < 4.78 is 11.0. The first-order valence-electron chi connectivity index (χ1n) is 9.60. The first-order chi connectivity index (χ1) is 12.3. The molecule has 1 spiro atoms. The van der Waals surface area contributed by atoms with E-state index in [1.54, 1.807) is 11.0 Å². The van der Waals surface area contributed by atoms with E-state index >= 15 is 0 Å². The topological polar surface area (TPSA) is 75.9 Å². The lowest BCUT2D eigenvalue weighted by molar-refractivity contribution is 0.00280. The summed E-state index contributed by atoms with van der Waals surface area (Å²) in [5.74, 6) is 0.797. The SMILES string of the molecule is CCCC(C)N1CC2(CCN(C(=O)c3cc(C(C)C)on3)CC2)OC1=O. The van der Waals surface area contributed by atoms with E-state index in [4.69, 9.17) is 9.26 Å². The Morgan fingerprint density at radius 3 is 2.58 bits per heavy atom. The van der Waals surface area contributed by atoms with Crippen molar-refractivity contribution in [3.8, 4) is 0 Å². The number of rotatable bonds is 5. The molecule has 3 rings (SSSR count). The molecule has 0 aromatic carbocycles. The second-order valence-corrected chi connectivity index (χ2v) is 7.88. The summed E-state index contributed by atoms with van der Waals surface area (Å²) in [5, 5.41) is 3.91. The summed E-state index contributed by atoms with van der Waals surface area (Å²) >= 11 is 0. The summed E-state index contributed by atoms with van der Waals surface area (Å²) in [6.07, 6.45) is 3.11. The van der Waals surface area contributed by atoms with E-state index in [1.807, 2.05) is 18.7 Å². The molecule has 1 atom stereocenters. The van der Waals surface area contributed by atoms with Crippen molar-refractivity contribution in [2.24, 2.45) is 0 Å². The van der Waals surface area contributed by atoms with Crippen LogP contribution in [0.2, 0.25) is 0 Å². The number of ether oxygens (including phenoxy) is 1. The zero-order chi connectivity index (χ0) is 18.9. The number of hydrogen-bond donors (Lipinski definition) is 0. The fourth-order valence-electron chi connectivity index (χ4n) is 3.76. The Morgan fingerprint density at radius 1 is 1.31 bits per heavy atom. The lowest BCUT2D eigenvalue weighted by Crippen LogP contribution is -2.49. The molecule has 3 heterocycles. The maximum atomic E-state index is 12.6. The van der Waals surface area contributed by atoms with Gasteiger partial charge >= 0.3 is 6.09 Å². The second kappa shape index (κ2) is 7.29. The van der Waals surface area contributed by atoms with Gasteiger partial charge in [-0.25, -0.2) is 4.79 Å². The molecule has 26 heavy (non-hydrogen) atoms. The standard InChI is InChI=1S/C19H29N3O4/c1-5-6-14(4)22-12-19(25-18(22)24)7-9-21(10-8-19)17(23)15-11-16(13(2)3)26-20-15/h11,13-14H,5-10,12H2,1-4H3. The van der Waals surface area contributed by atoms with E-state index in [2.05, 4.69) is 19.0 Å². The molecule has 1 aromatic rings. The Hall–Kier alpha value is -2.05. The number of hydrogen-bond acceptors (Lipinski definition) is 5. The van der Waals surface area contributed by atoms with Crippen LogP contribution < -0.4 is 0 Å². The summed E-state index contributed by atoms with van der Waals surface area (Å²) in [7, 11) is 0. The Bertz CT molecular complexity index is 661. The van der Waals surface area contributed by atoms with Crippen LogP contribution in [0, 0.1) is 0 Å². The molecule has 1 aromatic heterocycles. The third kappa shape index (κ3) is 3.57. The van der Waals surface area contributed by atoms with E-state index in [1.165, 1.54) is 0 Å². The molecular weight excluding hydrogens is 334 g/mol. The van der Waals surface area contributed by atoms with Crippen LogP contribution in [0.5, 0.6) is 0 Å². The van der Waals surface area contributed by atoms with Crippen molar-refractivity contribution in [1.82, 2.24) is 15.0 Å². The fraction of sp³-hybridized carbons (Fsp3) is 0.737. The fourth-order valence-corrected chi connectivity index (χ4v) is 3.76. The first-order valence-corrected chi connectivity index (χ1v) is 9.60. The summed E-state index contributed by atoms with van der Waals surface area (Å²) in [6.45, 7) is 9.93. The van der Waals surface area contributed by atoms with Crippen LogP contribution in [-0.4, -0.2) is 58.2 Å². The van der Waals surface area contributed by atoms with Crippen LogP contribution in [0.1, 0.15) is 75.5 Å². The molecule has 0 radical (unpaired) electrons. The molecule has 0 bridgehead atoms. The van der Waals surface area contributed by atoms with Crippen molar-refractivity contribution in [3.05, 3.63) is 17.5 Å². The van der Waals surface area contributed by atoms with Gasteiger partial charge < -0.3 is 19.1 Å². The van der Waals surface area contributed by atoms with E-state index in [0.29, 0.717) is 43.9 Å². The molecule has 7 heteroatoms. The maximum absolute atomic E-state index is 12.6. The number of carbonyl (C=O) groups is 2. The van der Waals surface area contributed by atoms with Gasteiger partial charge in [0, 0.05) is 44.0 Å². The van der Waals surface area contributed by atoms with Crippen molar-refractivity contribution in [3.63, 3.8) is 0 Å². The predicted molar refractivity (Wildman–Crippen MR) is 96.0 cm³/mol. The number of nitrogens with zero attached hydrogens (tertiary/aromatic N) is 3. The number of amides is 2. The summed E-state index contributed by atoms with van der Waals surface area (Å²) in [6, 6.07) is 1.91. The van der Waals surface area contributed by atoms with E-state index < -0.39 is 5.60 Å². The van der Waals surface area contributed by atoms with Gasteiger partial charge in [-0.05, 0) is 13.3 Å². The van der Waals surface area contributed by atoms with E-state index in [9.17, 15) is 9.59 Å². The number of carbonyl (C=O) groups excluding carboxylic acids is 2. The molecule has 0 saturated carbocycles. The predicted octanol–water partition coefficient (Wildman–Crippen LogP) is 3.41. The zero-order valence-corrected chi connectivity index (χ0v) is 16.2. The molecule has 1 unspecified atom stereocenters. The molecule has 2 fully saturated rings. The van der Waals surface area contributed by atoms with Crippen molar-refractivity contribution in [2.45, 2.75) is 70.9 Å². The van der Waals surface area contributed by atoms with Crippen molar-refractivity contribution in [1.29, 1.82) is 0 Å². The third-order valence-corrected chi connectivity index (χ3v) is 5.51. The molecular formula is C19H29N3O4. The van der Waals surface area contributed by atoms with Crippen LogP contribution in [0.4, 0.5) is 4.79 Å². The number of likely N-dealkylation sites (tertiary alicyclic amines) is 1. The van der Waals surface area contributed by atoms with Gasteiger partial charge in [0.15, 0.2) is 5.69 Å². The number of piperidine rings is 1. The van der Waals surface area contributed by atoms with Crippen LogP contribution >= 0.6 is 0 Å². The van der Waals surface area contributed by atoms with Gasteiger partial charge in [-0.1, -0.05) is 32.3 Å². The summed E-state index contributed by atoms with van der Waals surface area (Å²) in [4.78, 5) is 28.5. The Balaban J connectivity index is 1.60. The van der Waals surface area contributed by atoms with Gasteiger partial charge in [0.1, 0.15) is 11.4 Å². The highest BCUT2D eigenvalue weighted by molar-refractivity contribution is 5.92. The molecule has 144 valence electrons. The molecule has 2 aliphatic rings. The molecule has 2 saturated heterocycles. The zero-order valence-electron chi connectivity index (χ0n) is 16.2. The average molecular weight is 363 g/mol. The van der Waals surface area contributed by atoms with Crippen molar-refractivity contribution < 1.29 is 18.8 Å². The molecule has 2 aliphatic heterocycles. The minimum absolute atomic E-state index is 0.115. The Morgan fingerprint density at radius 2 is 2.00 bits per heavy atom. The van der Waals surface area contributed by atoms with Crippen LogP contribution in [0.25, 0.3) is 0 Å². The number of aromatic nitrogens is 1. The molecule has 0 aliphatic carbocycles. The van der Waals surface area contributed by atoms with Crippen molar-refractivity contribution in [2.75, 3.05) is 19.6 Å². The highest BCUT2D eigenvalue weighted by Gasteiger charge is 2.48. The van der Waals surface area contributed by atoms with Gasteiger partial charge in [-0.3, -0.25) is 4.79 Å². The Labute approximate surface area is 154 Å². The van der Waals surface area contributed by atoms with Crippen LogP contribution in [0.3, 0.4) is 0 Å². The normalized spacial score (nSPS) is 20.7. The quantitative estimate of drug-likeness (QED) is 0.801. The minimum Gasteiger partial charge on any atom is -0.441 e. The lowest BCUT2D eigenvalue weighted by Gasteiger charge is -2.37. The highest BCUT2D eigenvalue weighted by atomic mass is 16.6. The monoisotopic (exact) mass is 363 g/mol. The summed E-state index contributed by atoms with van der Waals surface area (Å²) in [5.41, 5.74) is -0.103. The van der Waals surface area contributed by atoms with Crippen LogP contribution in [-0.2, 0) is 4.74 Å². The van der Waals surface area contributed by atoms with Gasteiger partial charge in [0.05, 0.1) is 6.54 Å². The van der Waals surface area contributed by atoms with Crippen LogP contribution in [0.15, 0.2) is 10.6 Å². The van der Waals surface area contributed by atoms with Gasteiger partial charge in [-0.2, -0.15) is 0 Å². The third-order valence-electron chi connectivity index (χ3n) is 5.51. The van der Waals surface area contributed by atoms with Gasteiger partial charge in [-0.15, -0.1) is 0 Å². The first kappa shape index (κ1) is 18.7. The van der Waals surface area contributed by atoms with E-state index in [0.717, 1.165) is 12.8 Å². The Kier molecular flexibility index (Phi) is 5.25. The molecule has 0 N–H and O–H groups in total. The largest absolute Gasteiger partial charge is 0.441 e. The minimum atomic E-state index is -0.456. The van der Waals surface area contributed by atoms with Gasteiger partial charge in [0.2, 0.25) is 0 Å². The highest BCUT2D eigenvalue weighted by Crippen LogP contribution is 2.35. The molecule has 7 nitrogen and oxygen atoms in total. The van der Waals surface area contributed by atoms with Crippen molar-refractivity contribution >= 4 is 12.0 Å². The average Bonchev–Trinajstić information content (AvgIpc) is 3.21. The molecule has 2 amide bonds. The smallest absolute Gasteiger partial charge is 0.410 e. The second-order valence-electron chi connectivity index (χ2n) is 7.88. The van der Waals surface area contributed by atoms with Gasteiger partial charge in [0.25, 0.3) is 5.91 Å².